The summed E-state index contributed by atoms with van der Waals surface area (Å²) in [5, 5.41) is 2.65. The van der Waals surface area contributed by atoms with E-state index in [0.29, 0.717) is 22.3 Å². The number of amides is 1. The van der Waals surface area contributed by atoms with Crippen LogP contribution in [0.4, 0.5) is 10.1 Å². The molecule has 7 heteroatoms. The van der Waals surface area contributed by atoms with Gasteiger partial charge in [0.1, 0.15) is 5.82 Å². The number of hydrogen-bond acceptors (Lipinski definition) is 5. The molecule has 0 radical (unpaired) electrons. The van der Waals surface area contributed by atoms with E-state index in [2.05, 4.69) is 15.3 Å². The van der Waals surface area contributed by atoms with Crippen molar-refractivity contribution < 1.29 is 18.7 Å². The quantitative estimate of drug-likeness (QED) is 0.504. The number of benzene rings is 3. The predicted molar refractivity (Wildman–Crippen MR) is 109 cm³/mol. The summed E-state index contributed by atoms with van der Waals surface area (Å²) >= 11 is 0. The van der Waals surface area contributed by atoms with Crippen molar-refractivity contribution >= 4 is 28.6 Å². The monoisotopic (exact) mass is 401 g/mol. The molecule has 1 heterocycles. The average Bonchev–Trinajstić information content (AvgIpc) is 2.79. The van der Waals surface area contributed by atoms with Crippen LogP contribution in [-0.4, -0.2) is 21.8 Å². The maximum Gasteiger partial charge on any atom is 0.339 e. The third kappa shape index (κ3) is 4.30. The number of esters is 1. The van der Waals surface area contributed by atoms with E-state index in [0.717, 1.165) is 0 Å². The first-order valence-corrected chi connectivity index (χ1v) is 9.13. The second-order valence-electron chi connectivity index (χ2n) is 6.45. The van der Waals surface area contributed by atoms with Gasteiger partial charge in [-0.1, -0.05) is 30.3 Å². The number of ether oxygens (including phenoxy) is 1. The van der Waals surface area contributed by atoms with Crippen LogP contribution in [0.25, 0.3) is 11.0 Å². The van der Waals surface area contributed by atoms with Gasteiger partial charge in [-0.05, 0) is 42.5 Å². The zero-order valence-electron chi connectivity index (χ0n) is 15.7. The van der Waals surface area contributed by atoms with Crippen LogP contribution in [0.3, 0.4) is 0 Å². The number of halogens is 1. The fraction of sp³-hybridized carbons (Fsp3) is 0.0435. The van der Waals surface area contributed by atoms with Crippen LogP contribution in [0.1, 0.15) is 22.0 Å². The number of aromatic nitrogens is 2. The summed E-state index contributed by atoms with van der Waals surface area (Å²) < 4.78 is 18.7. The Hall–Kier alpha value is -4.13. The fourth-order valence-corrected chi connectivity index (χ4v) is 2.91. The summed E-state index contributed by atoms with van der Waals surface area (Å²) in [7, 11) is 0. The molecule has 1 N–H and O–H groups in total. The lowest BCUT2D eigenvalue weighted by molar-refractivity contribution is -0.125. The first-order valence-electron chi connectivity index (χ1n) is 9.13. The zero-order valence-corrected chi connectivity index (χ0v) is 15.7. The predicted octanol–water partition coefficient (Wildman–Crippen LogP) is 4.31. The smallest absolute Gasteiger partial charge is 0.339 e. The molecule has 6 nitrogen and oxygen atoms in total. The van der Waals surface area contributed by atoms with Gasteiger partial charge >= 0.3 is 5.97 Å². The van der Waals surface area contributed by atoms with E-state index in [9.17, 15) is 14.0 Å². The molecule has 1 atom stereocenters. The summed E-state index contributed by atoms with van der Waals surface area (Å²) in [6, 6.07) is 18.8. The number of nitrogens with one attached hydrogen (secondary N) is 1. The van der Waals surface area contributed by atoms with E-state index in [-0.39, 0.29) is 5.56 Å². The zero-order chi connectivity index (χ0) is 20.9. The molecule has 1 aromatic heterocycles. The van der Waals surface area contributed by atoms with E-state index >= 15 is 0 Å². The van der Waals surface area contributed by atoms with Gasteiger partial charge < -0.3 is 10.1 Å². The number of nitrogens with zero attached hydrogens (tertiary/aromatic N) is 2. The molecular formula is C23H16FN3O3. The molecule has 0 unspecified atom stereocenters. The minimum Gasteiger partial charge on any atom is -0.444 e. The molecule has 4 rings (SSSR count). The summed E-state index contributed by atoms with van der Waals surface area (Å²) in [6.45, 7) is 0. The Bertz CT molecular complexity index is 1200. The van der Waals surface area contributed by atoms with Crippen molar-refractivity contribution in [1.82, 2.24) is 9.97 Å². The average molecular weight is 401 g/mol. The van der Waals surface area contributed by atoms with Crippen molar-refractivity contribution in [3.05, 3.63) is 102 Å². The van der Waals surface area contributed by atoms with Crippen LogP contribution < -0.4 is 5.32 Å². The summed E-state index contributed by atoms with van der Waals surface area (Å²) in [4.78, 5) is 34.0. The molecule has 4 aromatic rings. The minimum absolute atomic E-state index is 0.249. The Kier molecular flexibility index (Phi) is 5.43. The summed E-state index contributed by atoms with van der Waals surface area (Å²) in [6.07, 6.45) is 1.90. The van der Waals surface area contributed by atoms with Gasteiger partial charge in [-0.2, -0.15) is 0 Å². The first-order chi connectivity index (χ1) is 14.6. The highest BCUT2D eigenvalue weighted by Gasteiger charge is 2.26. The molecule has 1 amide bonds. The van der Waals surface area contributed by atoms with Crippen LogP contribution in [0.15, 0.2) is 85.2 Å². The van der Waals surface area contributed by atoms with Gasteiger partial charge in [0.25, 0.3) is 5.91 Å². The number of anilines is 1. The highest BCUT2D eigenvalue weighted by atomic mass is 19.1. The normalized spacial score (nSPS) is 11.6. The number of carbonyl (C=O) groups is 2. The lowest BCUT2D eigenvalue weighted by atomic mass is 10.1. The van der Waals surface area contributed by atoms with Gasteiger partial charge in [0.2, 0.25) is 6.10 Å². The van der Waals surface area contributed by atoms with Gasteiger partial charge in [-0.15, -0.1) is 0 Å². The molecule has 30 heavy (non-hydrogen) atoms. The second-order valence-corrected chi connectivity index (χ2v) is 6.45. The van der Waals surface area contributed by atoms with Crippen molar-refractivity contribution in [2.24, 2.45) is 0 Å². The Morgan fingerprint density at radius 1 is 0.867 bits per heavy atom. The maximum absolute atomic E-state index is 13.1. The highest BCUT2D eigenvalue weighted by Crippen LogP contribution is 2.23. The van der Waals surface area contributed by atoms with Crippen molar-refractivity contribution in [2.45, 2.75) is 6.10 Å². The minimum atomic E-state index is -1.19. The van der Waals surface area contributed by atoms with Crippen molar-refractivity contribution in [3.63, 3.8) is 0 Å². The van der Waals surface area contributed by atoms with Crippen molar-refractivity contribution in [3.8, 4) is 0 Å². The molecule has 148 valence electrons. The molecule has 0 fully saturated rings. The molecule has 0 aliphatic rings. The van der Waals surface area contributed by atoms with E-state index < -0.39 is 23.8 Å². The van der Waals surface area contributed by atoms with Crippen LogP contribution in [0.5, 0.6) is 0 Å². The molecule has 0 aliphatic heterocycles. The fourth-order valence-electron chi connectivity index (χ4n) is 2.91. The number of fused-ring (bicyclic) bond motifs is 1. The second kappa shape index (κ2) is 8.48. The third-order valence-corrected chi connectivity index (χ3v) is 4.38. The first kappa shape index (κ1) is 19.2. The lowest BCUT2D eigenvalue weighted by Gasteiger charge is -2.18. The molecule has 0 spiro atoms. The summed E-state index contributed by atoms with van der Waals surface area (Å²) in [5.74, 6) is -1.65. The van der Waals surface area contributed by atoms with Gasteiger partial charge in [0, 0.05) is 23.6 Å². The van der Waals surface area contributed by atoms with E-state index in [1.54, 1.807) is 54.7 Å². The number of hydrogen-bond donors (Lipinski definition) is 1. The Morgan fingerprint density at radius 3 is 2.30 bits per heavy atom. The molecule has 0 aliphatic carbocycles. The SMILES string of the molecule is O=C(O[C@H](C(=O)Nc1ccc(F)cc1)c1ccccc1)c1ccc2nccnc2c1. The van der Waals surface area contributed by atoms with Gasteiger partial charge in [-0.25, -0.2) is 9.18 Å². The van der Waals surface area contributed by atoms with Gasteiger partial charge in [0.15, 0.2) is 0 Å². The maximum atomic E-state index is 13.1. The van der Waals surface area contributed by atoms with Crippen LogP contribution in [0, 0.1) is 5.82 Å². The summed E-state index contributed by atoms with van der Waals surface area (Å²) in [5.41, 5.74) is 2.32. The largest absolute Gasteiger partial charge is 0.444 e. The van der Waals surface area contributed by atoms with Crippen LogP contribution >= 0.6 is 0 Å². The Balaban J connectivity index is 1.59. The van der Waals surface area contributed by atoms with E-state index in [1.165, 1.54) is 30.5 Å². The standard InChI is InChI=1S/C23H16FN3O3/c24-17-7-9-18(10-8-17)27-22(28)21(15-4-2-1-3-5-15)30-23(29)16-6-11-19-20(14-16)26-13-12-25-19/h1-14,21H,(H,27,28)/t21-/m0/s1. The Labute approximate surface area is 171 Å². The number of carbonyl (C=O) groups excluding carboxylic acids is 2. The topological polar surface area (TPSA) is 81.2 Å². The van der Waals surface area contributed by atoms with E-state index in [1.807, 2.05) is 0 Å². The van der Waals surface area contributed by atoms with E-state index in [4.69, 9.17) is 4.74 Å². The number of rotatable bonds is 5. The molecule has 3 aromatic carbocycles. The van der Waals surface area contributed by atoms with Gasteiger partial charge in [-0.3, -0.25) is 14.8 Å². The highest BCUT2D eigenvalue weighted by molar-refractivity contribution is 5.99. The molecule has 0 bridgehead atoms. The van der Waals surface area contributed by atoms with Crippen molar-refractivity contribution in [1.29, 1.82) is 0 Å². The lowest BCUT2D eigenvalue weighted by Crippen LogP contribution is -2.26. The third-order valence-electron chi connectivity index (χ3n) is 4.38. The molecule has 0 saturated carbocycles. The van der Waals surface area contributed by atoms with Crippen LogP contribution in [0.2, 0.25) is 0 Å². The molecule has 0 saturated heterocycles. The Morgan fingerprint density at radius 2 is 1.57 bits per heavy atom. The van der Waals surface area contributed by atoms with Gasteiger partial charge in [0.05, 0.1) is 16.6 Å². The van der Waals surface area contributed by atoms with Crippen LogP contribution in [-0.2, 0) is 9.53 Å². The molecular weight excluding hydrogens is 385 g/mol. The van der Waals surface area contributed by atoms with Crippen molar-refractivity contribution in [2.75, 3.05) is 5.32 Å².